The highest BCUT2D eigenvalue weighted by atomic mass is 35.5. The Balaban J connectivity index is 1.65. The van der Waals surface area contributed by atoms with Gasteiger partial charge in [-0.05, 0) is 54.5 Å². The molecule has 3 aromatic rings. The molecule has 1 atom stereocenters. The van der Waals surface area contributed by atoms with Gasteiger partial charge in [0.15, 0.2) is 9.84 Å². The summed E-state index contributed by atoms with van der Waals surface area (Å²) in [6, 6.07) is 20.3. The van der Waals surface area contributed by atoms with Crippen molar-refractivity contribution < 1.29 is 22.4 Å². The largest absolute Gasteiger partial charge is 0.457 e. The number of halogens is 1. The zero-order chi connectivity index (χ0) is 25.4. The van der Waals surface area contributed by atoms with E-state index in [-0.39, 0.29) is 34.6 Å². The minimum Gasteiger partial charge on any atom is -0.457 e. The highest BCUT2D eigenvalue weighted by Crippen LogP contribution is 2.37. The molecule has 0 saturated carbocycles. The van der Waals surface area contributed by atoms with Crippen LogP contribution < -0.4 is 0 Å². The van der Waals surface area contributed by atoms with Crippen molar-refractivity contribution in [2.24, 2.45) is 0 Å². The van der Waals surface area contributed by atoms with E-state index in [0.717, 1.165) is 10.5 Å². The predicted octanol–water partition coefficient (Wildman–Crippen LogP) is 4.52. The Kier molecular flexibility index (Phi) is 6.12. The first kappa shape index (κ1) is 23.8. The van der Waals surface area contributed by atoms with Gasteiger partial charge in [-0.2, -0.15) is 5.26 Å². The smallest absolute Gasteiger partial charge is 0.272 e. The summed E-state index contributed by atoms with van der Waals surface area (Å²) in [6.07, 6.45) is 1.62. The van der Waals surface area contributed by atoms with Gasteiger partial charge < -0.3 is 4.42 Å². The van der Waals surface area contributed by atoms with E-state index in [1.165, 1.54) is 6.08 Å². The van der Waals surface area contributed by atoms with E-state index in [0.29, 0.717) is 22.1 Å². The predicted molar refractivity (Wildman–Crippen MR) is 135 cm³/mol. The third-order valence-electron chi connectivity index (χ3n) is 6.19. The quantitative estimate of drug-likeness (QED) is 0.371. The van der Waals surface area contributed by atoms with Gasteiger partial charge in [-0.1, -0.05) is 41.9 Å². The highest BCUT2D eigenvalue weighted by Gasteiger charge is 2.45. The van der Waals surface area contributed by atoms with Gasteiger partial charge in [0.25, 0.3) is 11.8 Å². The second-order valence-corrected chi connectivity index (χ2v) is 11.2. The number of furan rings is 1. The minimum atomic E-state index is -3.38. The fraction of sp³-hybridized carbons (Fsp3) is 0.148. The number of nitrogens with zero attached hydrogens (tertiary/aromatic N) is 2. The molecule has 0 N–H and O–H groups in total. The molecule has 0 spiro atoms. The van der Waals surface area contributed by atoms with Crippen LogP contribution in [0.4, 0.5) is 0 Å². The fourth-order valence-corrected chi connectivity index (χ4v) is 6.31. The van der Waals surface area contributed by atoms with Gasteiger partial charge in [0, 0.05) is 16.2 Å². The van der Waals surface area contributed by atoms with E-state index in [9.17, 15) is 23.3 Å². The summed E-state index contributed by atoms with van der Waals surface area (Å²) >= 11 is 5.97. The molecule has 36 heavy (non-hydrogen) atoms. The Morgan fingerprint density at radius 3 is 2.33 bits per heavy atom. The minimum absolute atomic E-state index is 0.0821. The Morgan fingerprint density at radius 2 is 1.69 bits per heavy atom. The molecule has 2 amide bonds. The number of sulfone groups is 1. The Labute approximate surface area is 212 Å². The lowest BCUT2D eigenvalue weighted by Gasteiger charge is -2.32. The van der Waals surface area contributed by atoms with Crippen molar-refractivity contribution in [3.05, 3.63) is 94.2 Å². The van der Waals surface area contributed by atoms with Gasteiger partial charge in [0.1, 0.15) is 23.2 Å². The van der Waals surface area contributed by atoms with Crippen LogP contribution in [0.3, 0.4) is 0 Å². The fourth-order valence-electron chi connectivity index (χ4n) is 4.49. The normalized spacial score (nSPS) is 20.7. The van der Waals surface area contributed by atoms with Crippen LogP contribution in [0.25, 0.3) is 23.0 Å². The van der Waals surface area contributed by atoms with E-state index in [4.69, 9.17) is 16.0 Å². The molecule has 3 heterocycles. The number of imide groups is 1. The van der Waals surface area contributed by atoms with E-state index < -0.39 is 27.7 Å². The number of nitriles is 1. The highest BCUT2D eigenvalue weighted by molar-refractivity contribution is 7.91. The summed E-state index contributed by atoms with van der Waals surface area (Å²) in [7, 11) is -3.38. The van der Waals surface area contributed by atoms with Crippen molar-refractivity contribution in [3.8, 4) is 17.4 Å². The maximum atomic E-state index is 13.7. The topological polar surface area (TPSA) is 108 Å². The summed E-state index contributed by atoms with van der Waals surface area (Å²) in [5.41, 5.74) is 1.35. The van der Waals surface area contributed by atoms with Gasteiger partial charge in [-0.3, -0.25) is 14.5 Å². The molecule has 2 aliphatic rings. The van der Waals surface area contributed by atoms with Crippen LogP contribution in [0.2, 0.25) is 5.02 Å². The van der Waals surface area contributed by atoms with Gasteiger partial charge in [-0.25, -0.2) is 8.42 Å². The molecule has 7 nitrogen and oxygen atoms in total. The number of hydrogen-bond donors (Lipinski definition) is 0. The molecule has 2 aliphatic heterocycles. The Hall–Kier alpha value is -3.93. The molecule has 0 aliphatic carbocycles. The SMILES string of the molecule is N#CC1=C(c2ccccc2)/C(=C/c2ccc(-c3ccc(Cl)cc3)o2)C(=O)N(C2CCS(=O)(=O)C2)C1=O. The van der Waals surface area contributed by atoms with Crippen molar-refractivity contribution in [1.29, 1.82) is 5.26 Å². The maximum Gasteiger partial charge on any atom is 0.272 e. The summed E-state index contributed by atoms with van der Waals surface area (Å²) in [5, 5.41) is 10.5. The lowest BCUT2D eigenvalue weighted by molar-refractivity contribution is -0.142. The molecule has 5 rings (SSSR count). The number of carbonyl (C=O) groups is 2. The van der Waals surface area contributed by atoms with Crippen LogP contribution in [0, 0.1) is 11.3 Å². The van der Waals surface area contributed by atoms with Gasteiger partial charge in [0.2, 0.25) is 0 Å². The third kappa shape index (κ3) is 4.39. The van der Waals surface area contributed by atoms with E-state index in [1.807, 2.05) is 6.07 Å². The van der Waals surface area contributed by atoms with E-state index in [1.54, 1.807) is 66.7 Å². The molecular formula is C27H19ClN2O5S. The number of hydrogen-bond acceptors (Lipinski definition) is 6. The third-order valence-corrected chi connectivity index (χ3v) is 8.19. The number of carbonyl (C=O) groups excluding carboxylic acids is 2. The molecular weight excluding hydrogens is 500 g/mol. The van der Waals surface area contributed by atoms with Crippen LogP contribution in [0.1, 0.15) is 17.7 Å². The van der Waals surface area contributed by atoms with Crippen LogP contribution >= 0.6 is 11.6 Å². The average molecular weight is 519 g/mol. The molecule has 180 valence electrons. The molecule has 0 bridgehead atoms. The number of amides is 2. The summed E-state index contributed by atoms with van der Waals surface area (Å²) in [4.78, 5) is 28.0. The first-order valence-corrected chi connectivity index (χ1v) is 13.3. The molecule has 1 saturated heterocycles. The maximum absolute atomic E-state index is 13.7. The molecule has 2 aromatic carbocycles. The Morgan fingerprint density at radius 1 is 0.972 bits per heavy atom. The number of rotatable bonds is 4. The van der Waals surface area contributed by atoms with E-state index in [2.05, 4.69) is 0 Å². The zero-order valence-corrected chi connectivity index (χ0v) is 20.4. The monoisotopic (exact) mass is 518 g/mol. The van der Waals surface area contributed by atoms with Gasteiger partial charge in [0.05, 0.1) is 23.1 Å². The van der Waals surface area contributed by atoms with Crippen LogP contribution in [-0.4, -0.2) is 42.7 Å². The summed E-state index contributed by atoms with van der Waals surface area (Å²) in [5.74, 6) is -1.01. The standard InChI is InChI=1S/C27H19ClN2O5S/c28-19-8-6-17(7-9-19)24-11-10-21(35-24)14-22-25(18-4-2-1-3-5-18)23(15-29)27(32)30(26(22)31)20-12-13-36(33,34)16-20/h1-11,14,20H,12-13,16H2/b22-14-. The zero-order valence-electron chi connectivity index (χ0n) is 18.8. The molecule has 9 heteroatoms. The lowest BCUT2D eigenvalue weighted by atomic mass is 9.87. The van der Waals surface area contributed by atoms with Crippen molar-refractivity contribution in [3.63, 3.8) is 0 Å². The Bertz CT molecular complexity index is 1580. The first-order valence-electron chi connectivity index (χ1n) is 11.1. The van der Waals surface area contributed by atoms with Crippen molar-refractivity contribution >= 4 is 44.9 Å². The molecule has 1 fully saturated rings. The summed E-state index contributed by atoms with van der Waals surface area (Å²) < 4.78 is 30.2. The van der Waals surface area contributed by atoms with Crippen molar-refractivity contribution in [2.75, 3.05) is 11.5 Å². The summed E-state index contributed by atoms with van der Waals surface area (Å²) in [6.45, 7) is 0. The van der Waals surface area contributed by atoms with Crippen molar-refractivity contribution in [2.45, 2.75) is 12.5 Å². The number of benzene rings is 2. The lowest BCUT2D eigenvalue weighted by Crippen LogP contribution is -2.49. The van der Waals surface area contributed by atoms with Crippen molar-refractivity contribution in [1.82, 2.24) is 4.90 Å². The second kappa shape index (κ2) is 9.26. The van der Waals surface area contributed by atoms with E-state index >= 15 is 0 Å². The molecule has 0 radical (unpaired) electrons. The first-order chi connectivity index (χ1) is 17.3. The average Bonchev–Trinajstić information content (AvgIpc) is 3.47. The van der Waals surface area contributed by atoms with Gasteiger partial charge >= 0.3 is 0 Å². The van der Waals surface area contributed by atoms with Crippen LogP contribution in [-0.2, 0) is 19.4 Å². The second-order valence-electron chi connectivity index (χ2n) is 8.53. The molecule has 1 unspecified atom stereocenters. The molecule has 1 aromatic heterocycles. The van der Waals surface area contributed by atoms with Gasteiger partial charge in [-0.15, -0.1) is 0 Å². The van der Waals surface area contributed by atoms with Crippen LogP contribution in [0.15, 0.2) is 82.3 Å². The van der Waals surface area contributed by atoms with Crippen LogP contribution in [0.5, 0.6) is 0 Å².